The van der Waals surface area contributed by atoms with Crippen molar-refractivity contribution in [3.05, 3.63) is 45.6 Å². The molecule has 1 heterocycles. The SMILES string of the molecule is CC1=C2C(=O)C=C(CO)C2=CC2=C(C)C(=O)O[C@@H]2C1. The largest absolute Gasteiger partial charge is 0.454 e. The van der Waals surface area contributed by atoms with E-state index in [1.807, 2.05) is 13.0 Å². The third kappa shape index (κ3) is 1.64. The van der Waals surface area contributed by atoms with Crippen molar-refractivity contribution < 1.29 is 19.4 Å². The van der Waals surface area contributed by atoms with E-state index in [-0.39, 0.29) is 24.5 Å². The maximum Gasteiger partial charge on any atom is 0.334 e. The van der Waals surface area contributed by atoms with Gasteiger partial charge in [-0.15, -0.1) is 0 Å². The number of esters is 1. The number of carbonyl (C=O) groups is 2. The summed E-state index contributed by atoms with van der Waals surface area (Å²) in [5.41, 5.74) is 4.31. The molecule has 0 aromatic heterocycles. The van der Waals surface area contributed by atoms with Crippen LogP contribution < -0.4 is 0 Å². The van der Waals surface area contributed by atoms with Crippen LogP contribution in [0.15, 0.2) is 45.6 Å². The molecule has 0 saturated carbocycles. The molecule has 0 aromatic rings. The average molecular weight is 258 g/mol. The number of ketones is 1. The minimum absolute atomic E-state index is 0.0719. The third-order valence-corrected chi connectivity index (χ3v) is 3.89. The van der Waals surface area contributed by atoms with E-state index in [0.29, 0.717) is 23.1 Å². The zero-order chi connectivity index (χ0) is 13.7. The van der Waals surface area contributed by atoms with E-state index in [0.717, 1.165) is 16.7 Å². The smallest absolute Gasteiger partial charge is 0.334 e. The Morgan fingerprint density at radius 1 is 1.32 bits per heavy atom. The van der Waals surface area contributed by atoms with Gasteiger partial charge in [0.05, 0.1) is 6.61 Å². The summed E-state index contributed by atoms with van der Waals surface area (Å²) in [5, 5.41) is 9.36. The van der Waals surface area contributed by atoms with E-state index in [2.05, 4.69) is 0 Å². The topological polar surface area (TPSA) is 63.6 Å². The van der Waals surface area contributed by atoms with Crippen molar-refractivity contribution in [1.29, 1.82) is 0 Å². The first kappa shape index (κ1) is 12.1. The first-order valence-electron chi connectivity index (χ1n) is 6.22. The highest BCUT2D eigenvalue weighted by Crippen LogP contribution is 2.40. The molecule has 98 valence electrons. The second-order valence-corrected chi connectivity index (χ2v) is 5.08. The quantitative estimate of drug-likeness (QED) is 0.722. The van der Waals surface area contributed by atoms with Crippen molar-refractivity contribution >= 4 is 11.8 Å². The van der Waals surface area contributed by atoms with Crippen LogP contribution in [0.25, 0.3) is 0 Å². The summed E-state index contributed by atoms with van der Waals surface area (Å²) >= 11 is 0. The molecule has 1 N–H and O–H groups in total. The molecule has 1 atom stereocenters. The molecule has 0 unspecified atom stereocenters. The van der Waals surface area contributed by atoms with Gasteiger partial charge in [0.25, 0.3) is 0 Å². The lowest BCUT2D eigenvalue weighted by Gasteiger charge is -2.10. The summed E-state index contributed by atoms with van der Waals surface area (Å²) in [6.45, 7) is 3.42. The van der Waals surface area contributed by atoms with Gasteiger partial charge in [-0.1, -0.05) is 5.57 Å². The Hall–Kier alpha value is -1.94. The van der Waals surface area contributed by atoms with Gasteiger partial charge in [-0.25, -0.2) is 4.79 Å². The van der Waals surface area contributed by atoms with Crippen LogP contribution in [0.3, 0.4) is 0 Å². The second kappa shape index (κ2) is 4.03. The Balaban J connectivity index is 2.20. The molecule has 0 amide bonds. The predicted molar refractivity (Wildman–Crippen MR) is 68.2 cm³/mol. The molecule has 0 radical (unpaired) electrons. The van der Waals surface area contributed by atoms with Crippen molar-refractivity contribution in [3.8, 4) is 0 Å². The Bertz CT molecular complexity index is 629. The summed E-state index contributed by atoms with van der Waals surface area (Å²) < 4.78 is 5.31. The molecule has 3 rings (SSSR count). The van der Waals surface area contributed by atoms with E-state index < -0.39 is 0 Å². The number of rotatable bonds is 1. The molecule has 0 saturated heterocycles. The highest BCUT2D eigenvalue weighted by Gasteiger charge is 2.36. The molecular formula is C15H14O4. The van der Waals surface area contributed by atoms with Crippen LogP contribution in [0.2, 0.25) is 0 Å². The van der Waals surface area contributed by atoms with Gasteiger partial charge in [-0.05, 0) is 37.1 Å². The van der Waals surface area contributed by atoms with Crippen LogP contribution >= 0.6 is 0 Å². The molecule has 4 nitrogen and oxygen atoms in total. The van der Waals surface area contributed by atoms with E-state index in [1.54, 1.807) is 6.92 Å². The summed E-state index contributed by atoms with van der Waals surface area (Å²) in [7, 11) is 0. The summed E-state index contributed by atoms with van der Waals surface area (Å²) in [6.07, 6.45) is 3.53. The molecule has 0 spiro atoms. The third-order valence-electron chi connectivity index (χ3n) is 3.89. The predicted octanol–water partition coefficient (Wildman–Crippen LogP) is 1.38. The fourth-order valence-electron chi connectivity index (χ4n) is 2.87. The zero-order valence-electron chi connectivity index (χ0n) is 10.8. The lowest BCUT2D eigenvalue weighted by atomic mass is 9.99. The monoisotopic (exact) mass is 258 g/mol. The van der Waals surface area contributed by atoms with E-state index in [9.17, 15) is 14.7 Å². The minimum atomic E-state index is -0.300. The van der Waals surface area contributed by atoms with Crippen molar-refractivity contribution in [2.24, 2.45) is 0 Å². The molecule has 2 aliphatic carbocycles. The first-order valence-corrected chi connectivity index (χ1v) is 6.22. The van der Waals surface area contributed by atoms with Gasteiger partial charge in [-0.2, -0.15) is 0 Å². The van der Waals surface area contributed by atoms with Gasteiger partial charge in [-0.3, -0.25) is 4.79 Å². The normalized spacial score (nSPS) is 25.9. The highest BCUT2D eigenvalue weighted by molar-refractivity contribution is 6.14. The number of allylic oxidation sites excluding steroid dienone is 2. The van der Waals surface area contributed by atoms with Crippen LogP contribution in [0, 0.1) is 0 Å². The molecule has 3 aliphatic rings. The van der Waals surface area contributed by atoms with Gasteiger partial charge in [0.1, 0.15) is 6.10 Å². The van der Waals surface area contributed by atoms with Gasteiger partial charge in [0.15, 0.2) is 5.78 Å². The fraction of sp³-hybridized carbons (Fsp3) is 0.333. The second-order valence-electron chi connectivity index (χ2n) is 5.08. The molecule has 0 fully saturated rings. The maximum atomic E-state index is 12.0. The Morgan fingerprint density at radius 3 is 2.74 bits per heavy atom. The molecule has 1 aliphatic heterocycles. The molecule has 0 aromatic carbocycles. The van der Waals surface area contributed by atoms with Crippen LogP contribution in [-0.2, 0) is 14.3 Å². The number of carbonyl (C=O) groups excluding carboxylic acids is 2. The summed E-state index contributed by atoms with van der Waals surface area (Å²) in [4.78, 5) is 23.6. The molecule has 19 heavy (non-hydrogen) atoms. The number of ether oxygens (including phenoxy) is 1. The van der Waals surface area contributed by atoms with Crippen molar-refractivity contribution in [3.63, 3.8) is 0 Å². The highest BCUT2D eigenvalue weighted by atomic mass is 16.5. The minimum Gasteiger partial charge on any atom is -0.454 e. The van der Waals surface area contributed by atoms with Gasteiger partial charge in [0, 0.05) is 23.1 Å². The van der Waals surface area contributed by atoms with E-state index in [1.165, 1.54) is 6.08 Å². The van der Waals surface area contributed by atoms with Gasteiger partial charge < -0.3 is 9.84 Å². The number of fused-ring (bicyclic) bond motifs is 2. The summed E-state index contributed by atoms with van der Waals surface area (Å²) in [5.74, 6) is -0.371. The van der Waals surface area contributed by atoms with Crippen LogP contribution in [-0.4, -0.2) is 29.6 Å². The lowest BCUT2D eigenvalue weighted by molar-refractivity contribution is -0.139. The molecule has 4 heteroatoms. The lowest BCUT2D eigenvalue weighted by Crippen LogP contribution is -2.11. The van der Waals surface area contributed by atoms with Crippen LogP contribution in [0.4, 0.5) is 0 Å². The Morgan fingerprint density at radius 2 is 2.05 bits per heavy atom. The van der Waals surface area contributed by atoms with Gasteiger partial charge >= 0.3 is 5.97 Å². The zero-order valence-corrected chi connectivity index (χ0v) is 10.8. The number of aliphatic hydroxyl groups is 1. The Kier molecular flexibility index (Phi) is 2.57. The van der Waals surface area contributed by atoms with Gasteiger partial charge in [0.2, 0.25) is 0 Å². The standard InChI is InChI=1S/C15H14O4/c1-7-3-13-10(8(2)15(18)19-13)5-11-9(6-16)4-12(17)14(7)11/h4-5,13,16H,3,6H2,1-2H3/t13-/m1/s1. The number of aliphatic hydroxyl groups excluding tert-OH is 1. The average Bonchev–Trinajstić information content (AvgIpc) is 2.75. The Labute approximate surface area is 110 Å². The number of hydrogen-bond acceptors (Lipinski definition) is 4. The van der Waals surface area contributed by atoms with Crippen molar-refractivity contribution in [2.45, 2.75) is 26.4 Å². The van der Waals surface area contributed by atoms with E-state index in [4.69, 9.17) is 4.74 Å². The van der Waals surface area contributed by atoms with Crippen LogP contribution in [0.1, 0.15) is 20.3 Å². The molecular weight excluding hydrogens is 244 g/mol. The van der Waals surface area contributed by atoms with Crippen LogP contribution in [0.5, 0.6) is 0 Å². The van der Waals surface area contributed by atoms with Crippen molar-refractivity contribution in [2.75, 3.05) is 6.61 Å². The number of hydrogen-bond donors (Lipinski definition) is 1. The maximum absolute atomic E-state index is 12.0. The summed E-state index contributed by atoms with van der Waals surface area (Å²) in [6, 6.07) is 0. The first-order chi connectivity index (χ1) is 9.02. The van der Waals surface area contributed by atoms with E-state index >= 15 is 0 Å². The fourth-order valence-corrected chi connectivity index (χ4v) is 2.87. The molecule has 0 bridgehead atoms. The van der Waals surface area contributed by atoms with Crippen molar-refractivity contribution in [1.82, 2.24) is 0 Å².